The van der Waals surface area contributed by atoms with Crippen LogP contribution >= 0.6 is 0 Å². The number of hydrogen-bond donors (Lipinski definition) is 1. The molecule has 1 aromatic rings. The van der Waals surface area contributed by atoms with Gasteiger partial charge in [0.15, 0.2) is 0 Å². The van der Waals surface area contributed by atoms with Gasteiger partial charge in [-0.25, -0.2) is 0 Å². The maximum absolute atomic E-state index is 5.41. The lowest BCUT2D eigenvalue weighted by molar-refractivity contribution is 0.148. The second-order valence-electron chi connectivity index (χ2n) is 7.68. The third kappa shape index (κ3) is 4.66. The van der Waals surface area contributed by atoms with E-state index in [9.17, 15) is 0 Å². The minimum atomic E-state index is 0.491. The average Bonchev–Trinajstić information content (AvgIpc) is 2.88. The topological polar surface area (TPSA) is 25.2 Å². The van der Waals surface area contributed by atoms with E-state index < -0.39 is 0 Å². The second kappa shape index (κ2) is 6.80. The molecule has 1 aromatic heterocycles. The quantitative estimate of drug-likeness (QED) is 0.847. The van der Waals surface area contributed by atoms with Crippen molar-refractivity contribution in [3.8, 4) is 0 Å². The van der Waals surface area contributed by atoms with Gasteiger partial charge in [0.2, 0.25) is 0 Å². The number of nitrogens with one attached hydrogen (secondary N) is 1. The molecule has 1 heterocycles. The van der Waals surface area contributed by atoms with Gasteiger partial charge in [-0.15, -0.1) is 0 Å². The van der Waals surface area contributed by atoms with Crippen molar-refractivity contribution in [3.05, 3.63) is 24.2 Å². The zero-order valence-corrected chi connectivity index (χ0v) is 13.6. The fraction of sp³-hybridized carbons (Fsp3) is 0.778. The molecule has 1 unspecified atom stereocenters. The standard InChI is InChI=1S/C18H31NO/c1-14(12-17-6-5-11-20-17)19-13-15-7-9-16(10-8-15)18(2,3)4/h5-6,11,14-16,19H,7-10,12-13H2,1-4H3. The Kier molecular flexibility index (Phi) is 5.31. The van der Waals surface area contributed by atoms with Crippen LogP contribution in [0.3, 0.4) is 0 Å². The van der Waals surface area contributed by atoms with Gasteiger partial charge in [-0.1, -0.05) is 20.8 Å². The van der Waals surface area contributed by atoms with Crippen LogP contribution in [-0.4, -0.2) is 12.6 Å². The molecule has 2 nitrogen and oxygen atoms in total. The molecule has 1 aliphatic rings. The normalized spacial score (nSPS) is 25.6. The van der Waals surface area contributed by atoms with E-state index >= 15 is 0 Å². The van der Waals surface area contributed by atoms with Crippen molar-refractivity contribution in [2.45, 2.75) is 65.8 Å². The lowest BCUT2D eigenvalue weighted by Crippen LogP contribution is -2.35. The molecule has 0 aromatic carbocycles. The maximum atomic E-state index is 5.41. The molecule has 0 bridgehead atoms. The van der Waals surface area contributed by atoms with E-state index in [2.05, 4.69) is 39.1 Å². The zero-order chi connectivity index (χ0) is 14.6. The van der Waals surface area contributed by atoms with Gasteiger partial charge in [0, 0.05) is 12.5 Å². The molecule has 2 rings (SSSR count). The van der Waals surface area contributed by atoms with Crippen molar-refractivity contribution in [2.75, 3.05) is 6.54 Å². The van der Waals surface area contributed by atoms with Crippen molar-refractivity contribution in [1.82, 2.24) is 5.32 Å². The van der Waals surface area contributed by atoms with E-state index in [4.69, 9.17) is 4.42 Å². The molecule has 0 radical (unpaired) electrons. The predicted molar refractivity (Wildman–Crippen MR) is 84.8 cm³/mol. The van der Waals surface area contributed by atoms with Crippen LogP contribution in [0.4, 0.5) is 0 Å². The predicted octanol–water partition coefficient (Wildman–Crippen LogP) is 4.65. The summed E-state index contributed by atoms with van der Waals surface area (Å²) in [6.45, 7) is 10.6. The van der Waals surface area contributed by atoms with E-state index in [1.54, 1.807) is 6.26 Å². The fourth-order valence-electron chi connectivity index (χ4n) is 3.40. The van der Waals surface area contributed by atoms with Gasteiger partial charge in [0.1, 0.15) is 5.76 Å². The van der Waals surface area contributed by atoms with Crippen LogP contribution in [0.1, 0.15) is 59.1 Å². The van der Waals surface area contributed by atoms with Gasteiger partial charge in [-0.3, -0.25) is 0 Å². The fourth-order valence-corrected chi connectivity index (χ4v) is 3.40. The summed E-state index contributed by atoms with van der Waals surface area (Å²) in [5.74, 6) is 2.87. The van der Waals surface area contributed by atoms with Crippen LogP contribution in [0.2, 0.25) is 0 Å². The van der Waals surface area contributed by atoms with Crippen molar-refractivity contribution in [1.29, 1.82) is 0 Å². The van der Waals surface area contributed by atoms with Gasteiger partial charge in [-0.05, 0) is 68.5 Å². The van der Waals surface area contributed by atoms with Crippen molar-refractivity contribution >= 4 is 0 Å². The van der Waals surface area contributed by atoms with Crippen LogP contribution in [0.25, 0.3) is 0 Å². The number of furan rings is 1. The maximum Gasteiger partial charge on any atom is 0.105 e. The van der Waals surface area contributed by atoms with Crippen LogP contribution in [-0.2, 0) is 6.42 Å². The van der Waals surface area contributed by atoms with Crippen molar-refractivity contribution < 1.29 is 4.42 Å². The first-order valence-electron chi connectivity index (χ1n) is 8.21. The molecular weight excluding hydrogens is 246 g/mol. The van der Waals surface area contributed by atoms with Gasteiger partial charge in [0.25, 0.3) is 0 Å². The molecule has 1 saturated carbocycles. The first-order valence-corrected chi connectivity index (χ1v) is 8.21. The molecule has 1 atom stereocenters. The molecule has 0 saturated heterocycles. The molecule has 0 spiro atoms. The minimum Gasteiger partial charge on any atom is -0.469 e. The third-order valence-electron chi connectivity index (χ3n) is 4.91. The molecule has 1 fully saturated rings. The van der Waals surface area contributed by atoms with Crippen LogP contribution in [0.15, 0.2) is 22.8 Å². The number of hydrogen-bond acceptors (Lipinski definition) is 2. The van der Waals surface area contributed by atoms with E-state index in [0.717, 1.165) is 24.0 Å². The van der Waals surface area contributed by atoms with Gasteiger partial charge >= 0.3 is 0 Å². The second-order valence-corrected chi connectivity index (χ2v) is 7.68. The van der Waals surface area contributed by atoms with E-state index in [-0.39, 0.29) is 0 Å². The number of rotatable bonds is 5. The molecule has 0 amide bonds. The van der Waals surface area contributed by atoms with E-state index in [0.29, 0.717) is 11.5 Å². The first-order chi connectivity index (χ1) is 9.45. The Bertz CT molecular complexity index is 369. The van der Waals surface area contributed by atoms with Crippen molar-refractivity contribution in [2.24, 2.45) is 17.3 Å². The molecule has 1 N–H and O–H groups in total. The monoisotopic (exact) mass is 277 g/mol. The zero-order valence-electron chi connectivity index (χ0n) is 13.6. The summed E-state index contributed by atoms with van der Waals surface area (Å²) in [5, 5.41) is 3.68. The molecular formula is C18H31NO. The molecule has 1 aliphatic carbocycles. The summed E-state index contributed by atoms with van der Waals surface area (Å²) in [6.07, 6.45) is 8.34. The first kappa shape index (κ1) is 15.6. The Balaban J connectivity index is 1.66. The van der Waals surface area contributed by atoms with E-state index in [1.165, 1.54) is 32.2 Å². The molecule has 2 heteroatoms. The SMILES string of the molecule is CC(Cc1ccco1)NCC1CCC(C(C)(C)C)CC1. The Morgan fingerprint density at radius 1 is 1.25 bits per heavy atom. The summed E-state index contributed by atoms with van der Waals surface area (Å²) >= 11 is 0. The summed E-state index contributed by atoms with van der Waals surface area (Å²) in [4.78, 5) is 0. The van der Waals surface area contributed by atoms with Gasteiger partial charge in [0.05, 0.1) is 6.26 Å². The minimum absolute atomic E-state index is 0.491. The van der Waals surface area contributed by atoms with Crippen LogP contribution in [0.5, 0.6) is 0 Å². The molecule has 0 aliphatic heterocycles. The van der Waals surface area contributed by atoms with E-state index in [1.807, 2.05) is 6.07 Å². The molecule has 20 heavy (non-hydrogen) atoms. The average molecular weight is 277 g/mol. The highest BCUT2D eigenvalue weighted by atomic mass is 16.3. The highest BCUT2D eigenvalue weighted by Crippen LogP contribution is 2.39. The Hall–Kier alpha value is -0.760. The van der Waals surface area contributed by atoms with Gasteiger partial charge < -0.3 is 9.73 Å². The summed E-state index contributed by atoms with van der Waals surface area (Å²) < 4.78 is 5.41. The Morgan fingerprint density at radius 3 is 2.50 bits per heavy atom. The Morgan fingerprint density at radius 2 is 1.95 bits per heavy atom. The highest BCUT2D eigenvalue weighted by molar-refractivity contribution is 5.00. The molecule has 114 valence electrons. The lowest BCUT2D eigenvalue weighted by atomic mass is 9.70. The summed E-state index contributed by atoms with van der Waals surface area (Å²) in [5.41, 5.74) is 0.491. The van der Waals surface area contributed by atoms with Crippen molar-refractivity contribution in [3.63, 3.8) is 0 Å². The largest absolute Gasteiger partial charge is 0.469 e. The summed E-state index contributed by atoms with van der Waals surface area (Å²) in [7, 11) is 0. The van der Waals surface area contributed by atoms with Crippen LogP contribution < -0.4 is 5.32 Å². The van der Waals surface area contributed by atoms with Crippen LogP contribution in [0, 0.1) is 17.3 Å². The summed E-state index contributed by atoms with van der Waals surface area (Å²) in [6, 6.07) is 4.53. The highest BCUT2D eigenvalue weighted by Gasteiger charge is 2.29. The smallest absolute Gasteiger partial charge is 0.105 e. The third-order valence-corrected chi connectivity index (χ3v) is 4.91. The van der Waals surface area contributed by atoms with Gasteiger partial charge in [-0.2, -0.15) is 0 Å². The Labute approximate surface area is 124 Å². The lowest BCUT2D eigenvalue weighted by Gasteiger charge is -2.37.